The summed E-state index contributed by atoms with van der Waals surface area (Å²) in [6.45, 7) is 0.509. The number of ether oxygens (including phenoxy) is 1. The van der Waals surface area contributed by atoms with Crippen LogP contribution in [0, 0.1) is 0 Å². The number of aliphatic imine (C=N–C) groups is 2. The number of nitrogens with zero attached hydrogens (tertiary/aromatic N) is 2. The monoisotopic (exact) mass is 242 g/mol. The van der Waals surface area contributed by atoms with Crippen molar-refractivity contribution in [2.45, 2.75) is 31.7 Å². The molecule has 0 saturated heterocycles. The highest BCUT2D eigenvalue weighted by Crippen LogP contribution is 2.03. The summed E-state index contributed by atoms with van der Waals surface area (Å²) in [5.41, 5.74) is 10.8. The molecule has 0 radical (unpaired) electrons. The molecule has 0 aliphatic heterocycles. The van der Waals surface area contributed by atoms with E-state index < -0.39 is 18.4 Å². The van der Waals surface area contributed by atoms with Crippen molar-refractivity contribution < 1.29 is 19.1 Å². The largest absolute Gasteiger partial charge is 0.416 e. The van der Waals surface area contributed by atoms with Crippen molar-refractivity contribution in [1.82, 2.24) is 0 Å². The van der Waals surface area contributed by atoms with Gasteiger partial charge < -0.3 is 16.2 Å². The Kier molecular flexibility index (Phi) is 8.36. The Morgan fingerprint density at radius 2 is 1.82 bits per heavy atom. The lowest BCUT2D eigenvalue weighted by molar-refractivity contribution is -0.150. The highest BCUT2D eigenvalue weighted by atomic mass is 16.6. The van der Waals surface area contributed by atoms with Gasteiger partial charge in [0.1, 0.15) is 6.04 Å². The molecule has 1 unspecified atom stereocenters. The fraction of sp³-hybridized carbons (Fsp3) is 0.667. The summed E-state index contributed by atoms with van der Waals surface area (Å²) in [4.78, 5) is 37.2. The molecule has 0 aliphatic rings. The third-order valence-corrected chi connectivity index (χ3v) is 1.82. The van der Waals surface area contributed by atoms with Gasteiger partial charge in [-0.3, -0.25) is 4.79 Å². The molecule has 0 aromatic heterocycles. The van der Waals surface area contributed by atoms with Gasteiger partial charge in [0, 0.05) is 0 Å². The number of hydrogen-bond donors (Lipinski definition) is 2. The van der Waals surface area contributed by atoms with E-state index in [-0.39, 0.29) is 0 Å². The van der Waals surface area contributed by atoms with Gasteiger partial charge in [-0.05, 0) is 19.4 Å². The molecule has 0 rings (SSSR count). The smallest absolute Gasteiger partial charge is 0.326 e. The van der Waals surface area contributed by atoms with Crippen LogP contribution < -0.4 is 11.5 Å². The topological polar surface area (TPSA) is 137 Å². The summed E-state index contributed by atoms with van der Waals surface area (Å²) in [5, 5.41) is 0. The summed E-state index contributed by atoms with van der Waals surface area (Å²) < 4.78 is 4.57. The van der Waals surface area contributed by atoms with Gasteiger partial charge in [-0.25, -0.2) is 9.59 Å². The maximum atomic E-state index is 11.3. The number of esters is 1. The quantitative estimate of drug-likeness (QED) is 0.241. The third kappa shape index (κ3) is 7.10. The fourth-order valence-corrected chi connectivity index (χ4v) is 0.989. The molecular weight excluding hydrogens is 228 g/mol. The minimum atomic E-state index is -1.56. The highest BCUT2D eigenvalue weighted by Gasteiger charge is 2.18. The van der Waals surface area contributed by atoms with Crippen molar-refractivity contribution in [2.24, 2.45) is 21.5 Å². The normalized spacial score (nSPS) is 12.8. The number of isocyanates is 2. The molecule has 0 saturated carbocycles. The minimum Gasteiger partial charge on any atom is -0.416 e. The van der Waals surface area contributed by atoms with Gasteiger partial charge in [-0.15, -0.1) is 9.98 Å². The lowest BCUT2D eigenvalue weighted by Crippen LogP contribution is -2.34. The molecule has 0 bridgehead atoms. The van der Waals surface area contributed by atoms with E-state index in [2.05, 4.69) is 14.7 Å². The van der Waals surface area contributed by atoms with E-state index >= 15 is 0 Å². The lowest BCUT2D eigenvalue weighted by atomic mass is 10.1. The predicted molar refractivity (Wildman–Crippen MR) is 57.0 cm³/mol. The second-order valence-corrected chi connectivity index (χ2v) is 3.09. The molecule has 0 fully saturated rings. The Balaban J connectivity index is 4.20. The number of nitrogens with two attached hydrogens (primary N) is 2. The molecule has 94 valence electrons. The summed E-state index contributed by atoms with van der Waals surface area (Å²) in [6, 6.07) is -0.868. The first kappa shape index (κ1) is 15.2. The van der Waals surface area contributed by atoms with Crippen LogP contribution in [0.2, 0.25) is 0 Å². The standard InChI is InChI=1S/C9H14N4O4/c10-4-2-1-3-7(11)8(16)17-9(12-5-14)13-6-15/h7,9H,1-4,10-11H2. The van der Waals surface area contributed by atoms with Gasteiger partial charge in [0.2, 0.25) is 12.2 Å². The number of carbonyl (C=O) groups excluding carboxylic acids is 3. The zero-order chi connectivity index (χ0) is 13.1. The number of unbranched alkanes of at least 4 members (excludes halogenated alkanes) is 1. The van der Waals surface area contributed by atoms with Gasteiger partial charge in [0.25, 0.3) is 0 Å². The average Bonchev–Trinajstić information content (AvgIpc) is 2.29. The first-order valence-electron chi connectivity index (χ1n) is 4.95. The molecule has 17 heavy (non-hydrogen) atoms. The molecule has 0 amide bonds. The van der Waals surface area contributed by atoms with E-state index in [1.54, 1.807) is 0 Å². The van der Waals surface area contributed by atoms with Crippen molar-refractivity contribution in [1.29, 1.82) is 0 Å². The molecule has 1 atom stereocenters. The number of hydrogen-bond acceptors (Lipinski definition) is 8. The Morgan fingerprint density at radius 1 is 1.24 bits per heavy atom. The summed E-state index contributed by atoms with van der Waals surface area (Å²) in [7, 11) is 0. The predicted octanol–water partition coefficient (Wildman–Crippen LogP) is -1.06. The first-order valence-corrected chi connectivity index (χ1v) is 4.95. The van der Waals surface area contributed by atoms with Crippen molar-refractivity contribution in [3.63, 3.8) is 0 Å². The van der Waals surface area contributed by atoms with Crippen molar-refractivity contribution in [3.8, 4) is 0 Å². The van der Waals surface area contributed by atoms with Crippen LogP contribution in [-0.2, 0) is 19.1 Å². The average molecular weight is 242 g/mol. The summed E-state index contributed by atoms with van der Waals surface area (Å²) >= 11 is 0. The Labute approximate surface area is 97.7 Å². The van der Waals surface area contributed by atoms with Crippen molar-refractivity contribution in [3.05, 3.63) is 0 Å². The van der Waals surface area contributed by atoms with Crippen LogP contribution in [0.15, 0.2) is 9.98 Å². The Hall–Kier alpha value is -1.85. The molecule has 0 aromatic rings. The molecular formula is C9H14N4O4. The summed E-state index contributed by atoms with van der Waals surface area (Å²) in [5.74, 6) is -0.801. The molecule has 0 heterocycles. The van der Waals surface area contributed by atoms with Gasteiger partial charge in [0.15, 0.2) is 0 Å². The maximum absolute atomic E-state index is 11.3. The fourth-order valence-electron chi connectivity index (χ4n) is 0.989. The third-order valence-electron chi connectivity index (χ3n) is 1.82. The summed E-state index contributed by atoms with van der Waals surface area (Å²) in [6.07, 6.45) is 2.48. The van der Waals surface area contributed by atoms with Crippen LogP contribution in [-0.4, -0.2) is 37.1 Å². The van der Waals surface area contributed by atoms with Crippen LogP contribution in [0.5, 0.6) is 0 Å². The molecule has 8 heteroatoms. The second kappa shape index (κ2) is 9.38. The zero-order valence-corrected chi connectivity index (χ0v) is 9.17. The SMILES string of the molecule is NCCCCC(N)C(=O)OC(N=C=O)N=C=O. The zero-order valence-electron chi connectivity index (χ0n) is 9.17. The molecule has 4 N–H and O–H groups in total. The molecule has 0 aliphatic carbocycles. The van der Waals surface area contributed by atoms with Gasteiger partial charge in [-0.2, -0.15) is 0 Å². The molecule has 0 spiro atoms. The van der Waals surface area contributed by atoms with E-state index in [0.29, 0.717) is 19.4 Å². The van der Waals surface area contributed by atoms with Gasteiger partial charge in [-0.1, -0.05) is 6.42 Å². The Morgan fingerprint density at radius 3 is 2.29 bits per heavy atom. The van der Waals surface area contributed by atoms with E-state index in [0.717, 1.165) is 18.6 Å². The first-order chi connectivity index (χ1) is 8.15. The van der Waals surface area contributed by atoms with Crippen LogP contribution in [0.4, 0.5) is 0 Å². The highest BCUT2D eigenvalue weighted by molar-refractivity contribution is 5.75. The molecule has 8 nitrogen and oxygen atoms in total. The second-order valence-electron chi connectivity index (χ2n) is 3.09. The van der Waals surface area contributed by atoms with Crippen molar-refractivity contribution in [2.75, 3.05) is 6.54 Å². The van der Waals surface area contributed by atoms with Gasteiger partial charge in [0.05, 0.1) is 0 Å². The van der Waals surface area contributed by atoms with Crippen LogP contribution in [0.25, 0.3) is 0 Å². The van der Waals surface area contributed by atoms with Crippen LogP contribution in [0.3, 0.4) is 0 Å². The molecule has 0 aromatic carbocycles. The minimum absolute atomic E-state index is 0.387. The lowest BCUT2D eigenvalue weighted by Gasteiger charge is -2.11. The van der Waals surface area contributed by atoms with Crippen LogP contribution >= 0.6 is 0 Å². The van der Waals surface area contributed by atoms with Crippen molar-refractivity contribution >= 4 is 18.1 Å². The van der Waals surface area contributed by atoms with Gasteiger partial charge >= 0.3 is 12.3 Å². The number of carbonyl (C=O) groups is 1. The van der Waals surface area contributed by atoms with E-state index in [4.69, 9.17) is 11.5 Å². The van der Waals surface area contributed by atoms with E-state index in [9.17, 15) is 14.4 Å². The number of rotatable bonds is 8. The van der Waals surface area contributed by atoms with Crippen LogP contribution in [0.1, 0.15) is 19.3 Å². The van der Waals surface area contributed by atoms with E-state index in [1.807, 2.05) is 0 Å². The Bertz CT molecular complexity index is 316. The van der Waals surface area contributed by atoms with E-state index in [1.165, 1.54) is 0 Å². The maximum Gasteiger partial charge on any atom is 0.326 e.